The van der Waals surface area contributed by atoms with Gasteiger partial charge in [-0.3, -0.25) is 9.48 Å². The summed E-state index contributed by atoms with van der Waals surface area (Å²) in [6.07, 6.45) is 2.72. The number of hydrogen-bond acceptors (Lipinski definition) is 2. The molecular formula is C10H12N2O. The molecule has 0 aliphatic heterocycles. The smallest absolute Gasteiger partial charge is 0.181 e. The topological polar surface area (TPSA) is 34.9 Å². The Hall–Kier alpha value is -1.56. The summed E-state index contributed by atoms with van der Waals surface area (Å²) in [4.78, 5) is 11.5. The number of aryl methyl sites for hydroxylation is 1. The van der Waals surface area contributed by atoms with E-state index in [9.17, 15) is 4.79 Å². The van der Waals surface area contributed by atoms with Crippen LogP contribution in [-0.4, -0.2) is 15.6 Å². The van der Waals surface area contributed by atoms with Crippen molar-refractivity contribution in [2.24, 2.45) is 7.05 Å². The summed E-state index contributed by atoms with van der Waals surface area (Å²) in [7, 11) is 1.76. The van der Waals surface area contributed by atoms with Gasteiger partial charge in [-0.1, -0.05) is 0 Å². The van der Waals surface area contributed by atoms with Crippen LogP contribution < -0.4 is 0 Å². The van der Waals surface area contributed by atoms with Gasteiger partial charge >= 0.3 is 0 Å². The van der Waals surface area contributed by atoms with Crippen molar-refractivity contribution in [3.63, 3.8) is 0 Å². The molecule has 0 saturated heterocycles. The number of nitrogens with zero attached hydrogens (tertiary/aromatic N) is 2. The molecule has 0 radical (unpaired) electrons. The fourth-order valence-electron chi connectivity index (χ4n) is 1.08. The predicted molar refractivity (Wildman–Crippen MR) is 50.2 cm³/mol. The molecule has 0 fully saturated rings. The van der Waals surface area contributed by atoms with Crippen LogP contribution in [0, 0.1) is 11.8 Å². The van der Waals surface area contributed by atoms with E-state index in [1.165, 1.54) is 0 Å². The average molecular weight is 176 g/mol. The van der Waals surface area contributed by atoms with E-state index in [0.29, 0.717) is 18.5 Å². The lowest BCUT2D eigenvalue weighted by Crippen LogP contribution is -2.06. The van der Waals surface area contributed by atoms with Crippen molar-refractivity contribution >= 4 is 5.78 Å². The van der Waals surface area contributed by atoms with Crippen LogP contribution in [0.2, 0.25) is 0 Å². The Morgan fingerprint density at radius 2 is 2.46 bits per heavy atom. The van der Waals surface area contributed by atoms with Crippen LogP contribution in [0.1, 0.15) is 30.3 Å². The molecule has 68 valence electrons. The summed E-state index contributed by atoms with van der Waals surface area (Å²) in [5.74, 6) is 5.72. The summed E-state index contributed by atoms with van der Waals surface area (Å²) in [6, 6.07) is 1.72. The average Bonchev–Trinajstić information content (AvgIpc) is 2.52. The first-order valence-corrected chi connectivity index (χ1v) is 4.16. The standard InChI is InChI=1S/C10H12N2O/c1-3-4-5-6-10(13)9-7-8-11-12(9)2/h7-8H,5-6H2,1-2H3. The Kier molecular flexibility index (Phi) is 3.27. The lowest BCUT2D eigenvalue weighted by atomic mass is 10.2. The molecule has 1 heterocycles. The van der Waals surface area contributed by atoms with Gasteiger partial charge < -0.3 is 0 Å². The van der Waals surface area contributed by atoms with Crippen LogP contribution >= 0.6 is 0 Å². The Morgan fingerprint density at radius 3 is 3.00 bits per heavy atom. The van der Waals surface area contributed by atoms with Crippen LogP contribution in [-0.2, 0) is 7.05 Å². The maximum atomic E-state index is 11.5. The number of hydrogen-bond donors (Lipinski definition) is 0. The summed E-state index contributed by atoms with van der Waals surface area (Å²) in [5, 5.41) is 3.93. The molecule has 13 heavy (non-hydrogen) atoms. The number of carbonyl (C=O) groups is 1. The van der Waals surface area contributed by atoms with Crippen molar-refractivity contribution in [2.75, 3.05) is 0 Å². The molecule has 3 heteroatoms. The highest BCUT2D eigenvalue weighted by molar-refractivity contribution is 5.94. The minimum absolute atomic E-state index is 0.0998. The van der Waals surface area contributed by atoms with Crippen LogP contribution in [0.4, 0.5) is 0 Å². The van der Waals surface area contributed by atoms with Gasteiger partial charge in [0.2, 0.25) is 0 Å². The number of ketones is 1. The monoisotopic (exact) mass is 176 g/mol. The van der Waals surface area contributed by atoms with Gasteiger partial charge in [0.25, 0.3) is 0 Å². The van der Waals surface area contributed by atoms with E-state index in [1.54, 1.807) is 30.9 Å². The largest absolute Gasteiger partial charge is 0.292 e. The van der Waals surface area contributed by atoms with Gasteiger partial charge in [-0.25, -0.2) is 0 Å². The second-order valence-corrected chi connectivity index (χ2v) is 2.69. The number of carbonyl (C=O) groups excluding carboxylic acids is 1. The lowest BCUT2D eigenvalue weighted by Gasteiger charge is -1.97. The summed E-state index contributed by atoms with van der Waals surface area (Å²) < 4.78 is 1.59. The van der Waals surface area contributed by atoms with E-state index >= 15 is 0 Å². The van der Waals surface area contributed by atoms with Crippen molar-refractivity contribution in [3.05, 3.63) is 18.0 Å². The zero-order valence-electron chi connectivity index (χ0n) is 7.87. The minimum Gasteiger partial charge on any atom is -0.292 e. The van der Waals surface area contributed by atoms with E-state index in [0.717, 1.165) is 0 Å². The first kappa shape index (κ1) is 9.53. The molecule has 0 aromatic carbocycles. The van der Waals surface area contributed by atoms with Crippen molar-refractivity contribution in [1.29, 1.82) is 0 Å². The first-order chi connectivity index (χ1) is 6.25. The van der Waals surface area contributed by atoms with Crippen LogP contribution in [0.5, 0.6) is 0 Å². The third-order valence-electron chi connectivity index (χ3n) is 1.76. The summed E-state index contributed by atoms with van der Waals surface area (Å²) in [5.41, 5.74) is 0.651. The van der Waals surface area contributed by atoms with Crippen LogP contribution in [0.3, 0.4) is 0 Å². The van der Waals surface area contributed by atoms with Crippen molar-refractivity contribution in [2.45, 2.75) is 19.8 Å². The number of Topliss-reactive ketones (excluding diaryl/α,β-unsaturated/α-hetero) is 1. The highest BCUT2D eigenvalue weighted by Crippen LogP contribution is 2.02. The van der Waals surface area contributed by atoms with Gasteiger partial charge in [0, 0.05) is 26.1 Å². The SMILES string of the molecule is CC#CCCC(=O)c1ccnn1C. The Balaban J connectivity index is 2.57. The van der Waals surface area contributed by atoms with Crippen molar-refractivity contribution in [3.8, 4) is 11.8 Å². The molecule has 1 rings (SSSR count). The van der Waals surface area contributed by atoms with Crippen molar-refractivity contribution in [1.82, 2.24) is 9.78 Å². The molecule has 1 aromatic rings. The molecule has 3 nitrogen and oxygen atoms in total. The highest BCUT2D eigenvalue weighted by Gasteiger charge is 2.07. The second-order valence-electron chi connectivity index (χ2n) is 2.69. The molecule has 0 aliphatic rings. The van der Waals surface area contributed by atoms with Gasteiger partial charge in [-0.2, -0.15) is 5.10 Å². The fourth-order valence-corrected chi connectivity index (χ4v) is 1.08. The minimum atomic E-state index is 0.0998. The Labute approximate surface area is 77.8 Å². The molecule has 0 N–H and O–H groups in total. The molecule has 0 unspecified atom stereocenters. The highest BCUT2D eigenvalue weighted by atomic mass is 16.1. The van der Waals surface area contributed by atoms with Crippen LogP contribution in [0.25, 0.3) is 0 Å². The normalized spacial score (nSPS) is 9.08. The van der Waals surface area contributed by atoms with Gasteiger partial charge in [0.15, 0.2) is 5.78 Å². The van der Waals surface area contributed by atoms with E-state index in [2.05, 4.69) is 16.9 Å². The molecule has 0 aliphatic carbocycles. The third kappa shape index (κ3) is 2.45. The van der Waals surface area contributed by atoms with E-state index in [1.807, 2.05) is 0 Å². The Bertz CT molecular complexity index is 354. The van der Waals surface area contributed by atoms with E-state index in [-0.39, 0.29) is 5.78 Å². The zero-order valence-corrected chi connectivity index (χ0v) is 7.87. The Morgan fingerprint density at radius 1 is 1.69 bits per heavy atom. The second kappa shape index (κ2) is 4.46. The molecule has 0 amide bonds. The molecular weight excluding hydrogens is 164 g/mol. The summed E-state index contributed by atoms with van der Waals surface area (Å²) >= 11 is 0. The number of rotatable bonds is 3. The summed E-state index contributed by atoms with van der Waals surface area (Å²) in [6.45, 7) is 1.77. The fraction of sp³-hybridized carbons (Fsp3) is 0.400. The predicted octanol–water partition coefficient (Wildman–Crippen LogP) is 1.41. The quantitative estimate of drug-likeness (QED) is 0.515. The van der Waals surface area contributed by atoms with Crippen molar-refractivity contribution < 1.29 is 4.79 Å². The lowest BCUT2D eigenvalue weighted by molar-refractivity contribution is 0.0975. The third-order valence-corrected chi connectivity index (χ3v) is 1.76. The van der Waals surface area contributed by atoms with Gasteiger partial charge in [-0.15, -0.1) is 11.8 Å². The molecule has 0 atom stereocenters. The molecule has 0 spiro atoms. The maximum Gasteiger partial charge on any atom is 0.181 e. The van der Waals surface area contributed by atoms with E-state index in [4.69, 9.17) is 0 Å². The molecule has 0 saturated carbocycles. The van der Waals surface area contributed by atoms with Gasteiger partial charge in [0.05, 0.1) is 0 Å². The van der Waals surface area contributed by atoms with Crippen LogP contribution in [0.15, 0.2) is 12.3 Å². The maximum absolute atomic E-state index is 11.5. The molecule has 0 bridgehead atoms. The first-order valence-electron chi connectivity index (χ1n) is 4.16. The van der Waals surface area contributed by atoms with E-state index < -0.39 is 0 Å². The van der Waals surface area contributed by atoms with Gasteiger partial charge in [-0.05, 0) is 13.0 Å². The molecule has 1 aromatic heterocycles. The zero-order chi connectivity index (χ0) is 9.68. The van der Waals surface area contributed by atoms with Gasteiger partial charge in [0.1, 0.15) is 5.69 Å². The number of aromatic nitrogens is 2.